The van der Waals surface area contributed by atoms with Crippen molar-refractivity contribution < 1.29 is 14.0 Å². The molecule has 1 saturated heterocycles. The Labute approximate surface area is 128 Å². The van der Waals surface area contributed by atoms with E-state index in [-0.39, 0.29) is 29.5 Å². The van der Waals surface area contributed by atoms with Crippen molar-refractivity contribution in [2.45, 2.75) is 83.2 Å². The molecule has 0 aromatic carbocycles. The molecule has 4 heteroatoms. The topological polar surface area (TPSA) is 27.7 Å². The predicted octanol–water partition coefficient (Wildman–Crippen LogP) is 3.83. The Kier molecular flexibility index (Phi) is 3.26. The molecule has 3 nitrogen and oxygen atoms in total. The van der Waals surface area contributed by atoms with E-state index in [9.17, 15) is 0 Å². The van der Waals surface area contributed by atoms with Crippen LogP contribution in [0.15, 0.2) is 23.7 Å². The van der Waals surface area contributed by atoms with Crippen molar-refractivity contribution in [1.82, 2.24) is 0 Å². The highest BCUT2D eigenvalue weighted by molar-refractivity contribution is 6.54. The molecule has 1 fully saturated rings. The van der Waals surface area contributed by atoms with Crippen LogP contribution in [0.2, 0.25) is 0 Å². The quantitative estimate of drug-likeness (QED) is 0.584. The fourth-order valence-electron chi connectivity index (χ4n) is 3.38. The van der Waals surface area contributed by atoms with Gasteiger partial charge < -0.3 is 14.0 Å². The summed E-state index contributed by atoms with van der Waals surface area (Å²) in [5.41, 5.74) is 0.203. The molecule has 0 spiro atoms. The van der Waals surface area contributed by atoms with E-state index >= 15 is 0 Å². The van der Waals surface area contributed by atoms with Crippen LogP contribution in [0.25, 0.3) is 0 Å². The van der Waals surface area contributed by atoms with E-state index in [1.807, 2.05) is 0 Å². The minimum absolute atomic E-state index is 0.177. The second kappa shape index (κ2) is 4.47. The Morgan fingerprint density at radius 3 is 2.14 bits per heavy atom. The van der Waals surface area contributed by atoms with Gasteiger partial charge in [0.2, 0.25) is 0 Å². The summed E-state index contributed by atoms with van der Waals surface area (Å²) in [5, 5.41) is 0. The van der Waals surface area contributed by atoms with Crippen LogP contribution in [0.5, 0.6) is 0 Å². The van der Waals surface area contributed by atoms with E-state index in [1.165, 1.54) is 5.47 Å². The molecule has 3 aliphatic rings. The van der Waals surface area contributed by atoms with Crippen LogP contribution < -0.4 is 0 Å². The van der Waals surface area contributed by atoms with Crippen molar-refractivity contribution in [2.75, 3.05) is 0 Å². The fourth-order valence-corrected chi connectivity index (χ4v) is 3.38. The summed E-state index contributed by atoms with van der Waals surface area (Å²) in [7, 11) is -0.254. The maximum absolute atomic E-state index is 6.37. The van der Waals surface area contributed by atoms with Crippen molar-refractivity contribution >= 4 is 7.12 Å². The number of rotatable bonds is 3. The van der Waals surface area contributed by atoms with Crippen LogP contribution in [-0.2, 0) is 14.0 Å². The summed E-state index contributed by atoms with van der Waals surface area (Å²) in [4.78, 5) is 0. The van der Waals surface area contributed by atoms with Gasteiger partial charge in [0.1, 0.15) is 5.60 Å². The lowest BCUT2D eigenvalue weighted by molar-refractivity contribution is -0.0758. The first kappa shape index (κ1) is 15.3. The molecule has 0 N–H and O–H groups in total. The minimum Gasteiger partial charge on any atom is -0.400 e. The molecular formula is C17H27BO3. The van der Waals surface area contributed by atoms with Crippen molar-refractivity contribution in [3.8, 4) is 0 Å². The average Bonchev–Trinajstić information content (AvgIpc) is 2.82. The monoisotopic (exact) mass is 290 g/mol. The molecule has 0 aromatic heterocycles. The summed E-state index contributed by atoms with van der Waals surface area (Å²) < 4.78 is 18.8. The van der Waals surface area contributed by atoms with E-state index in [4.69, 9.17) is 14.0 Å². The van der Waals surface area contributed by atoms with E-state index in [0.29, 0.717) is 0 Å². The second-order valence-electron chi connectivity index (χ2n) is 7.65. The van der Waals surface area contributed by atoms with Gasteiger partial charge in [-0.05, 0) is 52.4 Å². The summed E-state index contributed by atoms with van der Waals surface area (Å²) >= 11 is 0. The van der Waals surface area contributed by atoms with Gasteiger partial charge in [-0.3, -0.25) is 0 Å². The second-order valence-corrected chi connectivity index (χ2v) is 7.65. The van der Waals surface area contributed by atoms with E-state index in [2.05, 4.69) is 59.8 Å². The number of hydrogen-bond donors (Lipinski definition) is 0. The van der Waals surface area contributed by atoms with Gasteiger partial charge in [-0.2, -0.15) is 0 Å². The van der Waals surface area contributed by atoms with Gasteiger partial charge in [0.15, 0.2) is 0 Å². The van der Waals surface area contributed by atoms with Gasteiger partial charge in [-0.15, -0.1) is 0 Å². The maximum Gasteiger partial charge on any atom is 0.490 e. The molecule has 2 unspecified atom stereocenters. The molecular weight excluding hydrogens is 263 g/mol. The van der Waals surface area contributed by atoms with Crippen molar-refractivity contribution in [2.24, 2.45) is 0 Å². The Morgan fingerprint density at radius 2 is 1.62 bits per heavy atom. The summed E-state index contributed by atoms with van der Waals surface area (Å²) in [5.74, 6) is 0. The Hall–Kier alpha value is -0.575. The molecule has 3 rings (SSSR count). The van der Waals surface area contributed by atoms with E-state index in [0.717, 1.165) is 19.3 Å². The van der Waals surface area contributed by atoms with Crippen LogP contribution in [0.4, 0.5) is 0 Å². The third-order valence-corrected chi connectivity index (χ3v) is 5.70. The standard InChI is InChI=1S/C17H27BO3/c1-7-16-9-10-17(8-2,19-16)12-13(11-16)18-20-14(3,4)15(5,6)21-18/h9-11H,7-8,12H2,1-6H3. The molecule has 0 amide bonds. The maximum atomic E-state index is 6.37. The molecule has 0 aromatic rings. The van der Waals surface area contributed by atoms with Crippen molar-refractivity contribution in [3.63, 3.8) is 0 Å². The summed E-state index contributed by atoms with van der Waals surface area (Å²) in [6.07, 6.45) is 9.46. The first-order valence-electron chi connectivity index (χ1n) is 8.14. The number of fused-ring (bicyclic) bond motifs is 2. The third kappa shape index (κ3) is 2.23. The zero-order valence-electron chi connectivity index (χ0n) is 14.2. The summed E-state index contributed by atoms with van der Waals surface area (Å²) in [6.45, 7) is 12.8. The predicted molar refractivity (Wildman–Crippen MR) is 85.1 cm³/mol. The Bertz CT molecular complexity index is 492. The van der Waals surface area contributed by atoms with Gasteiger partial charge in [-0.25, -0.2) is 0 Å². The zero-order valence-corrected chi connectivity index (χ0v) is 14.2. The smallest absolute Gasteiger partial charge is 0.400 e. The first-order valence-corrected chi connectivity index (χ1v) is 8.14. The first-order chi connectivity index (χ1) is 9.67. The van der Waals surface area contributed by atoms with Crippen molar-refractivity contribution in [3.05, 3.63) is 23.7 Å². The normalized spacial score (nSPS) is 39.7. The largest absolute Gasteiger partial charge is 0.490 e. The van der Waals surface area contributed by atoms with Crippen LogP contribution >= 0.6 is 0 Å². The average molecular weight is 290 g/mol. The highest BCUT2D eigenvalue weighted by Gasteiger charge is 2.56. The summed E-state index contributed by atoms with van der Waals surface area (Å²) in [6, 6.07) is 0. The Morgan fingerprint density at radius 1 is 1.00 bits per heavy atom. The number of ether oxygens (including phenoxy) is 1. The van der Waals surface area contributed by atoms with Crippen LogP contribution in [0, 0.1) is 0 Å². The van der Waals surface area contributed by atoms with E-state index < -0.39 is 0 Å². The molecule has 0 aliphatic carbocycles. The lowest BCUT2D eigenvalue weighted by Gasteiger charge is -2.39. The third-order valence-electron chi connectivity index (χ3n) is 5.70. The molecule has 2 atom stereocenters. The molecule has 3 heterocycles. The van der Waals surface area contributed by atoms with Gasteiger partial charge >= 0.3 is 7.12 Å². The molecule has 0 radical (unpaired) electrons. The molecule has 116 valence electrons. The number of hydrogen-bond acceptors (Lipinski definition) is 3. The van der Waals surface area contributed by atoms with E-state index in [1.54, 1.807) is 0 Å². The van der Waals surface area contributed by atoms with Gasteiger partial charge in [0.25, 0.3) is 0 Å². The molecule has 0 saturated carbocycles. The van der Waals surface area contributed by atoms with Gasteiger partial charge in [-0.1, -0.05) is 32.1 Å². The van der Waals surface area contributed by atoms with Crippen LogP contribution in [-0.4, -0.2) is 29.5 Å². The van der Waals surface area contributed by atoms with Gasteiger partial charge in [0.05, 0.1) is 16.8 Å². The zero-order chi connectivity index (χ0) is 15.5. The molecule has 3 aliphatic heterocycles. The lowest BCUT2D eigenvalue weighted by atomic mass is 9.69. The lowest BCUT2D eigenvalue weighted by Crippen LogP contribution is -2.42. The van der Waals surface area contributed by atoms with Crippen molar-refractivity contribution in [1.29, 1.82) is 0 Å². The minimum atomic E-state index is -0.290. The fraction of sp³-hybridized carbons (Fsp3) is 0.765. The SMILES string of the molecule is CCC12C=CC(CC)(CC(B3OC(C)(C)C(C)(C)O3)=C1)O2. The van der Waals surface area contributed by atoms with Crippen LogP contribution in [0.1, 0.15) is 60.8 Å². The highest BCUT2D eigenvalue weighted by atomic mass is 16.7. The Balaban J connectivity index is 1.91. The van der Waals surface area contributed by atoms with Crippen LogP contribution in [0.3, 0.4) is 0 Å². The molecule has 21 heavy (non-hydrogen) atoms. The highest BCUT2D eigenvalue weighted by Crippen LogP contribution is 2.48. The van der Waals surface area contributed by atoms with Gasteiger partial charge in [0, 0.05) is 0 Å². The molecule has 2 bridgehead atoms.